The van der Waals surface area contributed by atoms with Gasteiger partial charge in [0, 0.05) is 36.7 Å². The number of benzene rings is 2. The first-order chi connectivity index (χ1) is 14.0. The predicted molar refractivity (Wildman–Crippen MR) is 117 cm³/mol. The Balaban J connectivity index is 1.32. The molecule has 1 aromatic heterocycles. The van der Waals surface area contributed by atoms with Crippen molar-refractivity contribution in [1.82, 2.24) is 14.9 Å². The van der Waals surface area contributed by atoms with Crippen LogP contribution in [0.15, 0.2) is 55.0 Å². The number of aromatic nitrogens is 2. The number of nitrogens with one attached hydrogen (secondary N) is 1. The van der Waals surface area contributed by atoms with Gasteiger partial charge in [-0.05, 0) is 55.3 Å². The molecule has 1 atom stereocenters. The number of anilines is 1. The lowest BCUT2D eigenvalue weighted by Gasteiger charge is -2.19. The highest BCUT2D eigenvalue weighted by molar-refractivity contribution is 6.42. The van der Waals surface area contributed by atoms with E-state index in [1.54, 1.807) is 12.1 Å². The minimum atomic E-state index is 0.000986. The summed E-state index contributed by atoms with van der Waals surface area (Å²) in [6, 6.07) is 13.8. The van der Waals surface area contributed by atoms with E-state index < -0.39 is 0 Å². The van der Waals surface area contributed by atoms with Crippen LogP contribution >= 0.6 is 23.2 Å². The highest BCUT2D eigenvalue weighted by atomic mass is 35.5. The number of carbonyl (C=O) groups is 1. The van der Waals surface area contributed by atoms with E-state index in [4.69, 9.17) is 23.2 Å². The number of amides is 1. The zero-order valence-corrected chi connectivity index (χ0v) is 17.6. The maximum absolute atomic E-state index is 12.4. The Hall–Kier alpha value is -2.50. The van der Waals surface area contributed by atoms with Gasteiger partial charge >= 0.3 is 0 Å². The number of hydrogen-bond acceptors (Lipinski definition) is 3. The van der Waals surface area contributed by atoms with Crippen LogP contribution in [0.1, 0.15) is 17.7 Å². The summed E-state index contributed by atoms with van der Waals surface area (Å²) >= 11 is 12.0. The van der Waals surface area contributed by atoms with Gasteiger partial charge in [-0.3, -0.25) is 4.79 Å². The number of imidazole rings is 1. The zero-order chi connectivity index (χ0) is 20.4. The molecule has 0 radical (unpaired) electrons. The van der Waals surface area contributed by atoms with E-state index in [-0.39, 0.29) is 11.9 Å². The van der Waals surface area contributed by atoms with Gasteiger partial charge in [0.1, 0.15) is 0 Å². The number of hydrogen-bond donors (Lipinski definition) is 1. The number of rotatable bonds is 5. The third-order valence-electron chi connectivity index (χ3n) is 5.13. The van der Waals surface area contributed by atoms with E-state index in [0.29, 0.717) is 16.5 Å². The van der Waals surface area contributed by atoms with Crippen molar-refractivity contribution in [2.75, 3.05) is 18.0 Å². The lowest BCUT2D eigenvalue weighted by atomic mass is 10.1. The molecule has 5 nitrogen and oxygen atoms in total. The van der Waals surface area contributed by atoms with Crippen molar-refractivity contribution in [1.29, 1.82) is 0 Å². The molecule has 0 bridgehead atoms. The van der Waals surface area contributed by atoms with Gasteiger partial charge in [0.25, 0.3) is 0 Å². The maximum Gasteiger partial charge on any atom is 0.224 e. The fourth-order valence-electron chi connectivity index (χ4n) is 3.62. The lowest BCUT2D eigenvalue weighted by molar-refractivity contribution is -0.121. The number of nitrogens with zero attached hydrogens (tertiary/aromatic N) is 3. The Morgan fingerprint density at radius 2 is 1.90 bits per heavy atom. The smallest absolute Gasteiger partial charge is 0.224 e. The summed E-state index contributed by atoms with van der Waals surface area (Å²) in [5, 5.41) is 4.10. The van der Waals surface area contributed by atoms with Crippen LogP contribution in [0.3, 0.4) is 0 Å². The van der Waals surface area contributed by atoms with E-state index >= 15 is 0 Å². The van der Waals surface area contributed by atoms with Crippen LogP contribution in [0, 0.1) is 6.92 Å². The summed E-state index contributed by atoms with van der Waals surface area (Å²) in [5.41, 5.74) is 4.09. The van der Waals surface area contributed by atoms with Gasteiger partial charge in [-0.1, -0.05) is 29.3 Å². The standard InChI is InChI=1S/C22H22Cl2N4O/c1-15-12-28(14-25-15)19-5-3-18(4-6-19)27-9-8-17(13-27)26-22(29)11-16-2-7-20(23)21(24)10-16/h2-7,10,12,14,17H,8-9,11,13H2,1H3,(H,26,29). The van der Waals surface area contributed by atoms with Crippen molar-refractivity contribution in [3.05, 3.63) is 76.3 Å². The predicted octanol–water partition coefficient (Wildman–Crippen LogP) is 4.43. The third-order valence-corrected chi connectivity index (χ3v) is 5.87. The lowest BCUT2D eigenvalue weighted by Crippen LogP contribution is -2.37. The van der Waals surface area contributed by atoms with Crippen LogP contribution in [0.25, 0.3) is 5.69 Å². The van der Waals surface area contributed by atoms with Crippen LogP contribution in [0.5, 0.6) is 0 Å². The first kappa shape index (κ1) is 19.8. The Kier molecular flexibility index (Phi) is 5.79. The monoisotopic (exact) mass is 428 g/mol. The van der Waals surface area contributed by atoms with Gasteiger partial charge in [0.15, 0.2) is 0 Å². The molecule has 1 fully saturated rings. The van der Waals surface area contributed by atoms with Crippen LogP contribution in [-0.2, 0) is 11.2 Å². The van der Waals surface area contributed by atoms with Crippen molar-refractivity contribution in [2.24, 2.45) is 0 Å². The summed E-state index contributed by atoms with van der Waals surface area (Å²) in [5.74, 6) is 0.000986. The SMILES string of the molecule is Cc1cn(-c2ccc(N3CCC(NC(=O)Cc4ccc(Cl)c(Cl)c4)C3)cc2)cn1. The van der Waals surface area contributed by atoms with Crippen molar-refractivity contribution in [3.8, 4) is 5.69 Å². The quantitative estimate of drug-likeness (QED) is 0.653. The average Bonchev–Trinajstić information content (AvgIpc) is 3.34. The normalized spacial score (nSPS) is 16.2. The van der Waals surface area contributed by atoms with Crippen molar-refractivity contribution in [2.45, 2.75) is 25.8 Å². The summed E-state index contributed by atoms with van der Waals surface area (Å²) in [6.45, 7) is 3.70. The largest absolute Gasteiger partial charge is 0.369 e. The van der Waals surface area contributed by atoms with Gasteiger partial charge in [0.05, 0.1) is 28.5 Å². The Labute approximate surface area is 180 Å². The highest BCUT2D eigenvalue weighted by Gasteiger charge is 2.24. The second-order valence-electron chi connectivity index (χ2n) is 7.36. The van der Waals surface area contributed by atoms with Gasteiger partial charge < -0.3 is 14.8 Å². The van der Waals surface area contributed by atoms with Crippen LogP contribution in [-0.4, -0.2) is 34.6 Å². The van der Waals surface area contributed by atoms with Crippen LogP contribution in [0.4, 0.5) is 5.69 Å². The van der Waals surface area contributed by atoms with Gasteiger partial charge in [-0.2, -0.15) is 0 Å². The highest BCUT2D eigenvalue weighted by Crippen LogP contribution is 2.24. The van der Waals surface area contributed by atoms with Gasteiger partial charge in [-0.25, -0.2) is 4.98 Å². The first-order valence-corrected chi connectivity index (χ1v) is 10.3. The molecule has 1 aliphatic heterocycles. The minimum absolute atomic E-state index is 0.000986. The maximum atomic E-state index is 12.4. The van der Waals surface area contributed by atoms with Crippen molar-refractivity contribution >= 4 is 34.8 Å². The molecule has 3 aromatic rings. The van der Waals surface area contributed by atoms with Crippen LogP contribution < -0.4 is 10.2 Å². The molecule has 1 saturated heterocycles. The summed E-state index contributed by atoms with van der Waals surface area (Å²) in [7, 11) is 0. The van der Waals surface area contributed by atoms with E-state index in [9.17, 15) is 4.79 Å². The van der Waals surface area contributed by atoms with E-state index in [1.165, 1.54) is 0 Å². The molecule has 2 heterocycles. The van der Waals surface area contributed by atoms with Crippen molar-refractivity contribution < 1.29 is 4.79 Å². The van der Waals surface area contributed by atoms with E-state index in [1.807, 2.05) is 30.1 Å². The number of halogens is 2. The zero-order valence-electron chi connectivity index (χ0n) is 16.1. The molecular weight excluding hydrogens is 407 g/mol. The second-order valence-corrected chi connectivity index (χ2v) is 8.18. The molecule has 0 spiro atoms. The van der Waals surface area contributed by atoms with E-state index in [2.05, 4.69) is 39.5 Å². The summed E-state index contributed by atoms with van der Waals surface area (Å²) in [4.78, 5) is 19.0. The number of carbonyl (C=O) groups excluding carboxylic acids is 1. The molecule has 4 rings (SSSR count). The van der Waals surface area contributed by atoms with Crippen LogP contribution in [0.2, 0.25) is 10.0 Å². The molecule has 29 heavy (non-hydrogen) atoms. The minimum Gasteiger partial charge on any atom is -0.369 e. The van der Waals surface area contributed by atoms with Crippen molar-refractivity contribution in [3.63, 3.8) is 0 Å². The fourth-order valence-corrected chi connectivity index (χ4v) is 3.94. The molecule has 2 aromatic carbocycles. The molecule has 1 amide bonds. The second kappa shape index (κ2) is 8.47. The topological polar surface area (TPSA) is 50.2 Å². The summed E-state index contributed by atoms with van der Waals surface area (Å²) < 4.78 is 2.01. The van der Waals surface area contributed by atoms with E-state index in [0.717, 1.165) is 42.1 Å². The molecule has 0 aliphatic carbocycles. The first-order valence-electron chi connectivity index (χ1n) is 9.57. The Morgan fingerprint density at radius 3 is 2.59 bits per heavy atom. The molecule has 1 unspecified atom stereocenters. The summed E-state index contributed by atoms with van der Waals surface area (Å²) in [6.07, 6.45) is 5.05. The molecule has 150 valence electrons. The molecule has 1 N–H and O–H groups in total. The molecular formula is C22H22Cl2N4O. The molecule has 7 heteroatoms. The van der Waals surface area contributed by atoms with Gasteiger partial charge in [-0.15, -0.1) is 0 Å². The molecule has 0 saturated carbocycles. The molecule has 1 aliphatic rings. The average molecular weight is 429 g/mol. The third kappa shape index (κ3) is 4.74. The Bertz CT molecular complexity index is 1020. The fraction of sp³-hybridized carbons (Fsp3) is 0.273. The van der Waals surface area contributed by atoms with Gasteiger partial charge in [0.2, 0.25) is 5.91 Å². The number of aryl methyl sites for hydroxylation is 1. The Morgan fingerprint density at radius 1 is 1.14 bits per heavy atom.